The minimum Gasteiger partial charge on any atom is -0.340 e. The van der Waals surface area contributed by atoms with Crippen molar-refractivity contribution >= 4 is 5.91 Å². The first-order valence-corrected chi connectivity index (χ1v) is 5.99. The smallest absolute Gasteiger partial charge is 0.273 e. The van der Waals surface area contributed by atoms with E-state index in [1.807, 2.05) is 7.05 Å². The lowest BCUT2D eigenvalue weighted by Crippen LogP contribution is -2.39. The van der Waals surface area contributed by atoms with Crippen LogP contribution >= 0.6 is 0 Å². The van der Waals surface area contributed by atoms with E-state index >= 15 is 0 Å². The molecule has 0 saturated carbocycles. The molecule has 1 aliphatic heterocycles. The molecule has 0 aromatic carbocycles. The zero-order valence-electron chi connectivity index (χ0n) is 10.1. The molecule has 1 aliphatic rings. The molecule has 2 heterocycles. The highest BCUT2D eigenvalue weighted by Gasteiger charge is 2.19. The van der Waals surface area contributed by atoms with Crippen molar-refractivity contribution in [1.29, 1.82) is 0 Å². The number of aromatic nitrogens is 2. The summed E-state index contributed by atoms with van der Waals surface area (Å²) in [6.07, 6.45) is 7.01. The van der Waals surface area contributed by atoms with E-state index in [-0.39, 0.29) is 5.91 Å². The number of piperidine rings is 1. The molecule has 1 aromatic rings. The highest BCUT2D eigenvalue weighted by molar-refractivity contribution is 5.91. The molecule has 1 aromatic heterocycles. The maximum atomic E-state index is 12.0. The van der Waals surface area contributed by atoms with Gasteiger partial charge >= 0.3 is 0 Å². The zero-order valence-corrected chi connectivity index (χ0v) is 10.1. The molecule has 92 valence electrons. The number of nitrogens with one attached hydrogen (secondary N) is 1. The van der Waals surface area contributed by atoms with E-state index in [9.17, 15) is 4.79 Å². The molecular weight excluding hydrogens is 216 g/mol. The summed E-state index contributed by atoms with van der Waals surface area (Å²) in [5, 5.41) is 3.35. The second-order valence-corrected chi connectivity index (χ2v) is 4.49. The van der Waals surface area contributed by atoms with Gasteiger partial charge in [-0.1, -0.05) is 0 Å². The van der Waals surface area contributed by atoms with Crippen LogP contribution in [0, 0.1) is 5.92 Å². The maximum absolute atomic E-state index is 12.0. The normalized spacial score (nSPS) is 19.9. The predicted octanol–water partition coefficient (Wildman–Crippen LogP) is 0.548. The maximum Gasteiger partial charge on any atom is 0.273 e. The Kier molecular flexibility index (Phi) is 4.03. The first kappa shape index (κ1) is 12.0. The van der Waals surface area contributed by atoms with E-state index in [1.165, 1.54) is 19.0 Å². The quantitative estimate of drug-likeness (QED) is 0.829. The lowest BCUT2D eigenvalue weighted by Gasteiger charge is -2.27. The van der Waals surface area contributed by atoms with Crippen LogP contribution in [0.25, 0.3) is 0 Å². The fraction of sp³-hybridized carbons (Fsp3) is 0.583. The molecule has 0 bridgehead atoms. The van der Waals surface area contributed by atoms with Gasteiger partial charge in [-0.05, 0) is 31.8 Å². The average Bonchev–Trinajstić information content (AvgIpc) is 2.40. The Morgan fingerprint density at radius 2 is 2.47 bits per heavy atom. The Balaban J connectivity index is 1.91. The van der Waals surface area contributed by atoms with Crippen LogP contribution in [-0.4, -0.2) is 47.5 Å². The highest BCUT2D eigenvalue weighted by atomic mass is 16.2. The van der Waals surface area contributed by atoms with E-state index < -0.39 is 0 Å². The van der Waals surface area contributed by atoms with Gasteiger partial charge in [-0.3, -0.25) is 9.78 Å². The summed E-state index contributed by atoms with van der Waals surface area (Å²) >= 11 is 0. The van der Waals surface area contributed by atoms with Crippen molar-refractivity contribution in [2.45, 2.75) is 12.8 Å². The summed E-state index contributed by atoms with van der Waals surface area (Å²) in [5.41, 5.74) is 0.416. The van der Waals surface area contributed by atoms with Gasteiger partial charge in [0.25, 0.3) is 5.91 Å². The summed E-state index contributed by atoms with van der Waals surface area (Å²) in [7, 11) is 1.83. The summed E-state index contributed by atoms with van der Waals surface area (Å²) in [6, 6.07) is 0. The number of rotatable bonds is 3. The Labute approximate surface area is 101 Å². The Hall–Kier alpha value is -1.49. The first-order valence-electron chi connectivity index (χ1n) is 5.99. The molecule has 1 fully saturated rings. The minimum absolute atomic E-state index is 0.0522. The largest absolute Gasteiger partial charge is 0.340 e. The summed E-state index contributed by atoms with van der Waals surface area (Å²) in [5.74, 6) is 0.498. The van der Waals surface area contributed by atoms with Crippen LogP contribution in [0.15, 0.2) is 18.6 Å². The van der Waals surface area contributed by atoms with Gasteiger partial charge in [-0.25, -0.2) is 4.98 Å². The second kappa shape index (κ2) is 5.72. The third kappa shape index (κ3) is 3.23. The van der Waals surface area contributed by atoms with Crippen LogP contribution < -0.4 is 5.32 Å². The summed E-state index contributed by atoms with van der Waals surface area (Å²) in [6.45, 7) is 2.87. The lowest BCUT2D eigenvalue weighted by molar-refractivity contribution is 0.0758. The number of amides is 1. The van der Waals surface area contributed by atoms with Crippen LogP contribution in [0.3, 0.4) is 0 Å². The molecule has 5 nitrogen and oxygen atoms in total. The van der Waals surface area contributed by atoms with E-state index in [0.717, 1.165) is 19.6 Å². The average molecular weight is 234 g/mol. The van der Waals surface area contributed by atoms with Gasteiger partial charge < -0.3 is 10.2 Å². The molecule has 0 spiro atoms. The number of carbonyl (C=O) groups is 1. The van der Waals surface area contributed by atoms with Crippen molar-refractivity contribution in [1.82, 2.24) is 20.2 Å². The predicted molar refractivity (Wildman–Crippen MR) is 64.6 cm³/mol. The van der Waals surface area contributed by atoms with Crippen molar-refractivity contribution in [3.8, 4) is 0 Å². The molecule has 0 radical (unpaired) electrons. The van der Waals surface area contributed by atoms with E-state index in [0.29, 0.717) is 11.6 Å². The molecule has 5 heteroatoms. The minimum atomic E-state index is -0.0522. The Morgan fingerprint density at radius 3 is 3.12 bits per heavy atom. The van der Waals surface area contributed by atoms with Gasteiger partial charge in [0.2, 0.25) is 0 Å². The third-order valence-electron chi connectivity index (χ3n) is 3.06. The summed E-state index contributed by atoms with van der Waals surface area (Å²) in [4.78, 5) is 21.7. The van der Waals surface area contributed by atoms with Crippen molar-refractivity contribution in [2.24, 2.45) is 5.92 Å². The van der Waals surface area contributed by atoms with Crippen LogP contribution in [0.1, 0.15) is 23.3 Å². The highest BCUT2D eigenvalue weighted by Crippen LogP contribution is 2.12. The van der Waals surface area contributed by atoms with Crippen LogP contribution in [0.4, 0.5) is 0 Å². The topological polar surface area (TPSA) is 58.1 Å². The number of hydrogen-bond donors (Lipinski definition) is 1. The molecule has 0 aliphatic carbocycles. The van der Waals surface area contributed by atoms with Crippen molar-refractivity contribution in [3.63, 3.8) is 0 Å². The molecule has 1 amide bonds. The standard InChI is InChI=1S/C12H18N4O/c1-16(9-10-3-2-4-13-7-10)12(17)11-8-14-5-6-15-11/h5-6,8,10,13H,2-4,7,9H2,1H3/t10-/m0/s1. The van der Waals surface area contributed by atoms with Crippen molar-refractivity contribution < 1.29 is 4.79 Å². The molecule has 1 atom stereocenters. The lowest BCUT2D eigenvalue weighted by atomic mass is 9.99. The Morgan fingerprint density at radius 1 is 1.59 bits per heavy atom. The molecular formula is C12H18N4O. The fourth-order valence-corrected chi connectivity index (χ4v) is 2.16. The van der Waals surface area contributed by atoms with Gasteiger partial charge in [-0.15, -0.1) is 0 Å². The van der Waals surface area contributed by atoms with Gasteiger partial charge in [0.1, 0.15) is 5.69 Å². The molecule has 1 N–H and O–H groups in total. The Bertz CT molecular complexity index is 362. The second-order valence-electron chi connectivity index (χ2n) is 4.49. The monoisotopic (exact) mass is 234 g/mol. The third-order valence-corrected chi connectivity index (χ3v) is 3.06. The van der Waals surface area contributed by atoms with Gasteiger partial charge in [-0.2, -0.15) is 0 Å². The number of nitrogens with zero attached hydrogens (tertiary/aromatic N) is 3. The van der Waals surface area contributed by atoms with Gasteiger partial charge in [0.15, 0.2) is 0 Å². The van der Waals surface area contributed by atoms with Crippen molar-refractivity contribution in [3.05, 3.63) is 24.3 Å². The summed E-state index contributed by atoms with van der Waals surface area (Å²) < 4.78 is 0. The van der Waals surface area contributed by atoms with E-state index in [4.69, 9.17) is 0 Å². The molecule has 0 unspecified atom stereocenters. The van der Waals surface area contributed by atoms with Crippen LogP contribution in [0.2, 0.25) is 0 Å². The van der Waals surface area contributed by atoms with Crippen LogP contribution in [-0.2, 0) is 0 Å². The van der Waals surface area contributed by atoms with E-state index in [1.54, 1.807) is 17.3 Å². The molecule has 17 heavy (non-hydrogen) atoms. The number of carbonyl (C=O) groups excluding carboxylic acids is 1. The first-order chi connectivity index (χ1) is 8.27. The zero-order chi connectivity index (χ0) is 12.1. The molecule has 1 saturated heterocycles. The van der Waals surface area contributed by atoms with Crippen molar-refractivity contribution in [2.75, 3.05) is 26.7 Å². The molecule has 2 rings (SSSR count). The number of hydrogen-bond acceptors (Lipinski definition) is 4. The van der Waals surface area contributed by atoms with Crippen LogP contribution in [0.5, 0.6) is 0 Å². The van der Waals surface area contributed by atoms with Gasteiger partial charge in [0, 0.05) is 26.0 Å². The van der Waals surface area contributed by atoms with E-state index in [2.05, 4.69) is 15.3 Å². The SMILES string of the molecule is CN(C[C@H]1CCCNC1)C(=O)c1cnccn1. The van der Waals surface area contributed by atoms with Gasteiger partial charge in [0.05, 0.1) is 6.20 Å². The fourth-order valence-electron chi connectivity index (χ4n) is 2.16.